The topological polar surface area (TPSA) is 29.5 Å². The van der Waals surface area contributed by atoms with Crippen LogP contribution in [-0.2, 0) is 0 Å². The molecule has 0 amide bonds. The fourth-order valence-electron chi connectivity index (χ4n) is 3.49. The fourth-order valence-corrected chi connectivity index (χ4v) is 3.67. The molecule has 18 heavy (non-hydrogen) atoms. The molecule has 98 valence electrons. The lowest BCUT2D eigenvalue weighted by atomic mass is 9.83. The van der Waals surface area contributed by atoms with Gasteiger partial charge in [-0.3, -0.25) is 0 Å². The second kappa shape index (κ2) is 3.88. The Bertz CT molecular complexity index is 483. The summed E-state index contributed by atoms with van der Waals surface area (Å²) in [7, 11) is 0. The molecule has 0 radical (unpaired) electrons. The van der Waals surface area contributed by atoms with Gasteiger partial charge in [0.2, 0.25) is 0 Å². The third-order valence-corrected chi connectivity index (χ3v) is 4.52. The van der Waals surface area contributed by atoms with Crippen LogP contribution < -0.4 is 4.74 Å². The molecule has 1 aliphatic heterocycles. The molecule has 0 aromatic heterocycles. The number of hydrogen-bond acceptors (Lipinski definition) is 2. The van der Waals surface area contributed by atoms with E-state index in [1.807, 2.05) is 18.2 Å². The molecule has 1 fully saturated rings. The number of hydrogen-bond donors (Lipinski definition) is 1. The molecule has 2 atom stereocenters. The first-order valence-electron chi connectivity index (χ1n) is 6.56. The van der Waals surface area contributed by atoms with Crippen molar-refractivity contribution in [3.05, 3.63) is 28.8 Å². The second-order valence-corrected chi connectivity index (χ2v) is 6.96. The SMILES string of the molecule is CC1(C)CCC2(CC(O)c3cc(Cl)ccc3O2)C1. The van der Waals surface area contributed by atoms with Gasteiger partial charge in [-0.15, -0.1) is 0 Å². The summed E-state index contributed by atoms with van der Waals surface area (Å²) in [5.74, 6) is 0.802. The van der Waals surface area contributed by atoms with Crippen LogP contribution in [-0.4, -0.2) is 10.7 Å². The minimum absolute atomic E-state index is 0.177. The smallest absolute Gasteiger partial charge is 0.126 e. The van der Waals surface area contributed by atoms with Crippen molar-refractivity contribution in [2.45, 2.75) is 51.2 Å². The summed E-state index contributed by atoms with van der Waals surface area (Å²) >= 11 is 5.97. The molecule has 2 nitrogen and oxygen atoms in total. The first-order valence-corrected chi connectivity index (χ1v) is 6.94. The van der Waals surface area contributed by atoms with Gasteiger partial charge in [0.05, 0.1) is 6.10 Å². The molecule has 0 bridgehead atoms. The molecule has 1 aromatic rings. The second-order valence-electron chi connectivity index (χ2n) is 6.53. The monoisotopic (exact) mass is 266 g/mol. The quantitative estimate of drug-likeness (QED) is 0.766. The molecule has 3 heteroatoms. The molecule has 1 aromatic carbocycles. The van der Waals surface area contributed by atoms with E-state index in [1.54, 1.807) is 0 Å². The molecule has 2 aliphatic rings. The van der Waals surface area contributed by atoms with Crippen molar-refractivity contribution >= 4 is 11.6 Å². The van der Waals surface area contributed by atoms with Gasteiger partial charge in [0.15, 0.2) is 0 Å². The van der Waals surface area contributed by atoms with E-state index in [4.69, 9.17) is 16.3 Å². The number of aliphatic hydroxyl groups excluding tert-OH is 1. The Morgan fingerprint density at radius 3 is 2.78 bits per heavy atom. The zero-order valence-electron chi connectivity index (χ0n) is 10.9. The minimum atomic E-state index is -0.457. The van der Waals surface area contributed by atoms with Gasteiger partial charge in [-0.05, 0) is 42.9 Å². The number of rotatable bonds is 0. The van der Waals surface area contributed by atoms with Gasteiger partial charge in [0.25, 0.3) is 0 Å². The van der Waals surface area contributed by atoms with Gasteiger partial charge in [0.1, 0.15) is 11.4 Å². The fraction of sp³-hybridized carbons (Fsp3) is 0.600. The summed E-state index contributed by atoms with van der Waals surface area (Å²) in [5, 5.41) is 11.0. The number of aliphatic hydroxyl groups is 1. The number of ether oxygens (including phenoxy) is 1. The van der Waals surface area contributed by atoms with Gasteiger partial charge in [-0.1, -0.05) is 25.4 Å². The molecule has 3 rings (SSSR count). The van der Waals surface area contributed by atoms with E-state index in [1.165, 1.54) is 0 Å². The van der Waals surface area contributed by atoms with E-state index in [-0.39, 0.29) is 5.60 Å². The molecule has 1 saturated carbocycles. The molecule has 1 aliphatic carbocycles. The predicted octanol–water partition coefficient (Wildman–Crippen LogP) is 4.10. The van der Waals surface area contributed by atoms with E-state index in [9.17, 15) is 5.11 Å². The maximum atomic E-state index is 10.3. The van der Waals surface area contributed by atoms with Crippen molar-refractivity contribution in [3.8, 4) is 5.75 Å². The van der Waals surface area contributed by atoms with Gasteiger partial charge in [-0.25, -0.2) is 0 Å². The Hall–Kier alpha value is -0.730. The van der Waals surface area contributed by atoms with E-state index < -0.39 is 6.10 Å². The van der Waals surface area contributed by atoms with Gasteiger partial charge in [-0.2, -0.15) is 0 Å². The molecule has 1 spiro atoms. The Labute approximate surface area is 113 Å². The summed E-state index contributed by atoms with van der Waals surface area (Å²) < 4.78 is 6.22. The molecular weight excluding hydrogens is 248 g/mol. The van der Waals surface area contributed by atoms with Crippen LogP contribution in [0.4, 0.5) is 0 Å². The van der Waals surface area contributed by atoms with Crippen LogP contribution in [0, 0.1) is 5.41 Å². The maximum Gasteiger partial charge on any atom is 0.126 e. The van der Waals surface area contributed by atoms with Crippen LogP contribution in [0.1, 0.15) is 51.2 Å². The van der Waals surface area contributed by atoms with Crippen molar-refractivity contribution in [2.24, 2.45) is 5.41 Å². The Morgan fingerprint density at radius 1 is 1.33 bits per heavy atom. The molecule has 1 heterocycles. The Balaban J connectivity index is 1.95. The zero-order valence-corrected chi connectivity index (χ0v) is 11.6. The Morgan fingerprint density at radius 2 is 2.11 bits per heavy atom. The first-order chi connectivity index (χ1) is 8.39. The molecule has 2 unspecified atom stereocenters. The van der Waals surface area contributed by atoms with Crippen molar-refractivity contribution in [1.29, 1.82) is 0 Å². The highest BCUT2D eigenvalue weighted by atomic mass is 35.5. The van der Waals surface area contributed by atoms with E-state index in [0.717, 1.165) is 30.6 Å². The highest BCUT2D eigenvalue weighted by Gasteiger charge is 2.48. The number of fused-ring (bicyclic) bond motifs is 1. The third kappa shape index (κ3) is 2.02. The van der Waals surface area contributed by atoms with Gasteiger partial charge in [0, 0.05) is 17.0 Å². The lowest BCUT2D eigenvalue weighted by Crippen LogP contribution is -2.39. The van der Waals surface area contributed by atoms with Crippen molar-refractivity contribution in [3.63, 3.8) is 0 Å². The average Bonchev–Trinajstić information content (AvgIpc) is 2.56. The predicted molar refractivity (Wildman–Crippen MR) is 72.0 cm³/mol. The van der Waals surface area contributed by atoms with Crippen LogP contribution >= 0.6 is 11.6 Å². The van der Waals surface area contributed by atoms with E-state index in [2.05, 4.69) is 13.8 Å². The lowest BCUT2D eigenvalue weighted by Gasteiger charge is -2.39. The number of benzene rings is 1. The molecular formula is C15H19ClO2. The van der Waals surface area contributed by atoms with Gasteiger partial charge >= 0.3 is 0 Å². The maximum absolute atomic E-state index is 10.3. The van der Waals surface area contributed by atoms with Crippen LogP contribution in [0.15, 0.2) is 18.2 Å². The summed E-state index contributed by atoms with van der Waals surface area (Å²) in [5.41, 5.74) is 0.964. The number of halogens is 1. The zero-order chi connectivity index (χ0) is 13.0. The summed E-state index contributed by atoms with van der Waals surface area (Å²) in [6.07, 6.45) is 3.42. The van der Waals surface area contributed by atoms with Crippen LogP contribution in [0.25, 0.3) is 0 Å². The summed E-state index contributed by atoms with van der Waals surface area (Å²) in [6, 6.07) is 5.52. The van der Waals surface area contributed by atoms with Crippen molar-refractivity contribution in [2.75, 3.05) is 0 Å². The van der Waals surface area contributed by atoms with E-state index >= 15 is 0 Å². The van der Waals surface area contributed by atoms with Crippen LogP contribution in [0.5, 0.6) is 5.75 Å². The van der Waals surface area contributed by atoms with Crippen LogP contribution in [0.3, 0.4) is 0 Å². The van der Waals surface area contributed by atoms with Crippen molar-refractivity contribution < 1.29 is 9.84 Å². The summed E-state index contributed by atoms with van der Waals surface area (Å²) in [6.45, 7) is 4.55. The standard InChI is InChI=1S/C15H19ClO2/c1-14(2)5-6-15(9-14)8-12(17)11-7-10(16)3-4-13(11)18-15/h3-4,7,12,17H,5-6,8-9H2,1-2H3. The Kier molecular flexibility index (Phi) is 2.65. The lowest BCUT2D eigenvalue weighted by molar-refractivity contribution is -0.0155. The molecule has 0 saturated heterocycles. The van der Waals surface area contributed by atoms with Gasteiger partial charge < -0.3 is 9.84 Å². The molecule has 1 N–H and O–H groups in total. The summed E-state index contributed by atoms with van der Waals surface area (Å²) in [4.78, 5) is 0. The van der Waals surface area contributed by atoms with Crippen molar-refractivity contribution in [1.82, 2.24) is 0 Å². The minimum Gasteiger partial charge on any atom is -0.487 e. The van der Waals surface area contributed by atoms with E-state index in [0.29, 0.717) is 16.9 Å². The third-order valence-electron chi connectivity index (χ3n) is 4.28. The normalized spacial score (nSPS) is 33.2. The largest absolute Gasteiger partial charge is 0.487 e. The van der Waals surface area contributed by atoms with Crippen LogP contribution in [0.2, 0.25) is 5.02 Å². The average molecular weight is 267 g/mol. The highest BCUT2D eigenvalue weighted by Crippen LogP contribution is 2.53. The first kappa shape index (κ1) is 12.3. The highest BCUT2D eigenvalue weighted by molar-refractivity contribution is 6.30.